The molecule has 2 aromatic rings. The van der Waals surface area contributed by atoms with E-state index in [9.17, 15) is 18.0 Å². The first kappa shape index (κ1) is 21.1. The van der Waals surface area contributed by atoms with Gasteiger partial charge in [0.05, 0.1) is 12.2 Å². The summed E-state index contributed by atoms with van der Waals surface area (Å²) in [4.78, 5) is 16.6. The second-order valence-corrected chi connectivity index (χ2v) is 7.05. The smallest absolute Gasteiger partial charge is 0.416 e. The fourth-order valence-electron chi connectivity index (χ4n) is 2.97. The van der Waals surface area contributed by atoms with E-state index < -0.39 is 29.6 Å². The van der Waals surface area contributed by atoms with E-state index >= 15 is 0 Å². The van der Waals surface area contributed by atoms with Gasteiger partial charge in [0.2, 0.25) is 0 Å². The monoisotopic (exact) mass is 410 g/mol. The van der Waals surface area contributed by atoms with E-state index in [0.717, 1.165) is 6.07 Å². The molecular weight excluding hydrogens is 389 g/mol. The van der Waals surface area contributed by atoms with Crippen molar-refractivity contribution in [1.82, 2.24) is 4.98 Å². The first-order valence-electron chi connectivity index (χ1n) is 8.94. The number of aromatic nitrogens is 1. The molecule has 1 aromatic heterocycles. The maximum atomic E-state index is 13.1. The fourth-order valence-corrected chi connectivity index (χ4v) is 2.97. The molecule has 1 saturated heterocycles. The van der Waals surface area contributed by atoms with E-state index in [1.165, 1.54) is 31.3 Å². The number of hydrogen-bond acceptors (Lipinski definition) is 6. The quantitative estimate of drug-likeness (QED) is 0.734. The molecule has 156 valence electrons. The lowest BCUT2D eigenvalue weighted by Gasteiger charge is -2.18. The van der Waals surface area contributed by atoms with E-state index in [1.54, 1.807) is 19.9 Å². The SMILES string of the molecule is Cc1c(Nc2ncccc2C(=O)OCC2COC(C)(C)O2)cccc1C(F)(F)F. The molecule has 1 atom stereocenters. The number of carbonyl (C=O) groups is 1. The van der Waals surface area contributed by atoms with Gasteiger partial charge in [-0.3, -0.25) is 0 Å². The Morgan fingerprint density at radius 3 is 2.72 bits per heavy atom. The van der Waals surface area contributed by atoms with Crippen LogP contribution in [0.25, 0.3) is 0 Å². The molecule has 0 amide bonds. The van der Waals surface area contributed by atoms with Crippen LogP contribution in [0.3, 0.4) is 0 Å². The summed E-state index contributed by atoms with van der Waals surface area (Å²) in [7, 11) is 0. The third-order valence-corrected chi connectivity index (χ3v) is 4.39. The third kappa shape index (κ3) is 5.04. The molecule has 1 unspecified atom stereocenters. The van der Waals surface area contributed by atoms with Gasteiger partial charge in [0.15, 0.2) is 5.79 Å². The summed E-state index contributed by atoms with van der Waals surface area (Å²) in [6.07, 6.45) is -3.45. The Bertz CT molecular complexity index is 900. The van der Waals surface area contributed by atoms with Crippen LogP contribution in [-0.2, 0) is 20.4 Å². The molecule has 0 aliphatic carbocycles. The summed E-state index contributed by atoms with van der Waals surface area (Å²) < 4.78 is 55.7. The molecule has 9 heteroatoms. The molecule has 2 heterocycles. The number of anilines is 2. The van der Waals surface area contributed by atoms with Crippen molar-refractivity contribution in [3.63, 3.8) is 0 Å². The van der Waals surface area contributed by atoms with Crippen molar-refractivity contribution in [2.24, 2.45) is 0 Å². The van der Waals surface area contributed by atoms with Gasteiger partial charge >= 0.3 is 12.1 Å². The van der Waals surface area contributed by atoms with Crippen LogP contribution in [0.5, 0.6) is 0 Å². The van der Waals surface area contributed by atoms with Gasteiger partial charge in [0.25, 0.3) is 0 Å². The van der Waals surface area contributed by atoms with Gasteiger partial charge in [0.1, 0.15) is 24.1 Å². The van der Waals surface area contributed by atoms with Crippen LogP contribution in [0.2, 0.25) is 0 Å². The molecule has 0 radical (unpaired) electrons. The van der Waals surface area contributed by atoms with E-state index in [-0.39, 0.29) is 29.2 Å². The van der Waals surface area contributed by atoms with Crippen LogP contribution in [0.4, 0.5) is 24.7 Å². The van der Waals surface area contributed by atoms with Crippen LogP contribution in [0, 0.1) is 6.92 Å². The van der Waals surface area contributed by atoms with E-state index in [2.05, 4.69) is 10.3 Å². The molecule has 1 fully saturated rings. The molecule has 1 aromatic carbocycles. The number of halogens is 3. The Hall–Kier alpha value is -2.65. The van der Waals surface area contributed by atoms with E-state index in [0.29, 0.717) is 6.61 Å². The van der Waals surface area contributed by atoms with Gasteiger partial charge in [-0.05, 0) is 50.6 Å². The number of benzene rings is 1. The fraction of sp³-hybridized carbons (Fsp3) is 0.400. The van der Waals surface area contributed by atoms with Gasteiger partial charge in [-0.1, -0.05) is 6.07 Å². The first-order chi connectivity index (χ1) is 13.6. The second-order valence-electron chi connectivity index (χ2n) is 7.05. The normalized spacial score (nSPS) is 18.5. The Morgan fingerprint density at radius 1 is 1.31 bits per heavy atom. The Balaban J connectivity index is 1.75. The molecule has 1 aliphatic rings. The summed E-state index contributed by atoms with van der Waals surface area (Å²) in [6.45, 7) is 5.15. The topological polar surface area (TPSA) is 69.7 Å². The van der Waals surface area contributed by atoms with Crippen molar-refractivity contribution >= 4 is 17.5 Å². The zero-order chi connectivity index (χ0) is 21.2. The molecule has 0 bridgehead atoms. The minimum absolute atomic E-state index is 0.00343. The van der Waals surface area contributed by atoms with Crippen molar-refractivity contribution in [3.8, 4) is 0 Å². The summed E-state index contributed by atoms with van der Waals surface area (Å²) in [5, 5.41) is 2.81. The van der Waals surface area contributed by atoms with Crippen molar-refractivity contribution in [2.45, 2.75) is 38.8 Å². The minimum Gasteiger partial charge on any atom is -0.459 e. The second kappa shape index (κ2) is 8.00. The molecule has 1 aliphatic heterocycles. The summed E-state index contributed by atoms with van der Waals surface area (Å²) in [5.74, 6) is -1.30. The Morgan fingerprint density at radius 2 is 2.07 bits per heavy atom. The van der Waals surface area contributed by atoms with E-state index in [1.807, 2.05) is 0 Å². The number of pyridine rings is 1. The lowest BCUT2D eigenvalue weighted by Crippen LogP contribution is -2.25. The average Bonchev–Trinajstić information content (AvgIpc) is 3.00. The number of ether oxygens (including phenoxy) is 3. The van der Waals surface area contributed by atoms with Gasteiger partial charge in [0, 0.05) is 11.9 Å². The Kier molecular flexibility index (Phi) is 5.81. The zero-order valence-electron chi connectivity index (χ0n) is 16.2. The highest BCUT2D eigenvalue weighted by atomic mass is 19.4. The summed E-state index contributed by atoms with van der Waals surface area (Å²) >= 11 is 0. The molecule has 6 nitrogen and oxygen atoms in total. The van der Waals surface area contributed by atoms with Gasteiger partial charge in [-0.2, -0.15) is 13.2 Å². The van der Waals surface area contributed by atoms with Gasteiger partial charge in [-0.25, -0.2) is 9.78 Å². The van der Waals surface area contributed by atoms with Crippen molar-refractivity contribution in [1.29, 1.82) is 0 Å². The molecule has 29 heavy (non-hydrogen) atoms. The number of nitrogens with zero attached hydrogens (tertiary/aromatic N) is 1. The highest BCUT2D eigenvalue weighted by Gasteiger charge is 2.34. The maximum absolute atomic E-state index is 13.1. The van der Waals surface area contributed by atoms with Crippen LogP contribution in [0.1, 0.15) is 35.3 Å². The Labute approximate surface area is 166 Å². The van der Waals surface area contributed by atoms with Crippen molar-refractivity contribution in [3.05, 3.63) is 53.2 Å². The molecule has 3 rings (SSSR count). The summed E-state index contributed by atoms with van der Waals surface area (Å²) in [5.41, 5.74) is -0.461. The van der Waals surface area contributed by atoms with Crippen molar-refractivity contribution in [2.75, 3.05) is 18.5 Å². The van der Waals surface area contributed by atoms with Crippen LogP contribution in [-0.4, -0.2) is 36.1 Å². The van der Waals surface area contributed by atoms with Gasteiger partial charge in [-0.15, -0.1) is 0 Å². The van der Waals surface area contributed by atoms with Crippen LogP contribution < -0.4 is 5.32 Å². The lowest BCUT2D eigenvalue weighted by molar-refractivity contribution is -0.142. The molecule has 0 saturated carbocycles. The first-order valence-corrected chi connectivity index (χ1v) is 8.94. The van der Waals surface area contributed by atoms with Gasteiger partial charge < -0.3 is 19.5 Å². The standard InChI is InChI=1S/C20H21F3N2O4/c1-12-15(20(21,22)23)7-4-8-16(12)25-17-14(6-5-9-24-17)18(26)27-10-13-11-28-19(2,3)29-13/h4-9,13H,10-11H2,1-3H3,(H,24,25). The van der Waals surface area contributed by atoms with Crippen LogP contribution >= 0.6 is 0 Å². The highest BCUT2D eigenvalue weighted by Crippen LogP contribution is 2.35. The highest BCUT2D eigenvalue weighted by molar-refractivity contribution is 5.95. The molecule has 0 spiro atoms. The molecule has 1 N–H and O–H groups in total. The zero-order valence-corrected chi connectivity index (χ0v) is 16.2. The number of nitrogens with one attached hydrogen (secondary N) is 1. The minimum atomic E-state index is -4.48. The predicted molar refractivity (Wildman–Crippen MR) is 98.9 cm³/mol. The van der Waals surface area contributed by atoms with Crippen LogP contribution in [0.15, 0.2) is 36.5 Å². The third-order valence-electron chi connectivity index (χ3n) is 4.39. The molecular formula is C20H21F3N2O4. The number of rotatable bonds is 5. The number of hydrogen-bond donors (Lipinski definition) is 1. The lowest BCUT2D eigenvalue weighted by atomic mass is 10.1. The number of alkyl halides is 3. The maximum Gasteiger partial charge on any atom is 0.416 e. The average molecular weight is 410 g/mol. The number of esters is 1. The summed E-state index contributed by atoms with van der Waals surface area (Å²) in [6, 6.07) is 6.80. The van der Waals surface area contributed by atoms with E-state index in [4.69, 9.17) is 14.2 Å². The largest absolute Gasteiger partial charge is 0.459 e. The number of carbonyl (C=O) groups excluding carboxylic acids is 1. The van der Waals surface area contributed by atoms with Crippen molar-refractivity contribution < 1.29 is 32.2 Å². The predicted octanol–water partition coefficient (Wildman–Crippen LogP) is 4.46.